The van der Waals surface area contributed by atoms with Crippen molar-refractivity contribution in [3.63, 3.8) is 0 Å². The van der Waals surface area contributed by atoms with Gasteiger partial charge in [0.25, 0.3) is 0 Å². The molecule has 5 nitrogen and oxygen atoms in total. The zero-order valence-electron chi connectivity index (χ0n) is 11.9. The molecular weight excluding hydrogens is 256 g/mol. The molecule has 0 heterocycles. The molecule has 0 fully saturated rings. The number of carbonyl (C=O) groups is 2. The molecule has 2 atom stereocenters. The second-order valence-electron chi connectivity index (χ2n) is 4.91. The first-order valence-corrected chi connectivity index (χ1v) is 6.83. The van der Waals surface area contributed by atoms with E-state index < -0.39 is 5.97 Å². The average molecular weight is 278 g/mol. The van der Waals surface area contributed by atoms with Crippen molar-refractivity contribution in [2.75, 3.05) is 6.54 Å². The van der Waals surface area contributed by atoms with Crippen molar-refractivity contribution in [1.82, 2.24) is 10.6 Å². The highest BCUT2D eigenvalue weighted by Crippen LogP contribution is 2.10. The zero-order chi connectivity index (χ0) is 15.0. The molecule has 0 aromatic heterocycles. The van der Waals surface area contributed by atoms with Crippen LogP contribution in [0.2, 0.25) is 0 Å². The summed E-state index contributed by atoms with van der Waals surface area (Å²) in [4.78, 5) is 22.3. The van der Waals surface area contributed by atoms with E-state index in [9.17, 15) is 9.59 Å². The van der Waals surface area contributed by atoms with E-state index in [1.807, 2.05) is 37.3 Å². The lowest BCUT2D eigenvalue weighted by Crippen LogP contribution is -2.37. The zero-order valence-corrected chi connectivity index (χ0v) is 11.9. The van der Waals surface area contributed by atoms with Crippen molar-refractivity contribution in [2.24, 2.45) is 5.92 Å². The maximum Gasteiger partial charge on any atom is 0.315 e. The number of carbonyl (C=O) groups excluding carboxylic acids is 1. The lowest BCUT2D eigenvalue weighted by Gasteiger charge is -2.15. The highest BCUT2D eigenvalue weighted by molar-refractivity contribution is 5.74. The van der Waals surface area contributed by atoms with Crippen molar-refractivity contribution in [3.05, 3.63) is 35.9 Å². The summed E-state index contributed by atoms with van der Waals surface area (Å²) in [6, 6.07) is 9.41. The third-order valence-electron chi connectivity index (χ3n) is 3.17. The van der Waals surface area contributed by atoms with E-state index >= 15 is 0 Å². The number of carboxylic acids is 1. The van der Waals surface area contributed by atoms with Crippen LogP contribution < -0.4 is 10.6 Å². The summed E-state index contributed by atoms with van der Waals surface area (Å²) >= 11 is 0. The monoisotopic (exact) mass is 278 g/mol. The predicted octanol–water partition coefficient (Wildman–Crippen LogP) is 2.55. The molecule has 1 rings (SSSR count). The minimum absolute atomic E-state index is 0.0610. The molecular formula is C15H22N2O3. The smallest absolute Gasteiger partial charge is 0.315 e. The maximum atomic E-state index is 11.7. The highest BCUT2D eigenvalue weighted by atomic mass is 16.4. The van der Waals surface area contributed by atoms with Crippen LogP contribution in [0.4, 0.5) is 4.79 Å². The molecule has 110 valence electrons. The van der Waals surface area contributed by atoms with Gasteiger partial charge in [-0.3, -0.25) is 4.79 Å². The van der Waals surface area contributed by atoms with Gasteiger partial charge in [0.15, 0.2) is 0 Å². The van der Waals surface area contributed by atoms with Crippen LogP contribution in [0.3, 0.4) is 0 Å². The predicted molar refractivity (Wildman–Crippen MR) is 77.4 cm³/mol. The molecule has 1 aromatic rings. The Hall–Kier alpha value is -2.04. The third kappa shape index (κ3) is 5.73. The number of benzene rings is 1. The van der Waals surface area contributed by atoms with E-state index in [-0.39, 0.29) is 18.0 Å². The van der Waals surface area contributed by atoms with Crippen LogP contribution in [0, 0.1) is 5.92 Å². The van der Waals surface area contributed by atoms with E-state index in [0.29, 0.717) is 19.4 Å². The lowest BCUT2D eigenvalue weighted by molar-refractivity contribution is -0.141. The number of rotatable bonds is 7. The first-order chi connectivity index (χ1) is 9.50. The summed E-state index contributed by atoms with van der Waals surface area (Å²) in [5.41, 5.74) is 1.04. The standard InChI is InChI=1S/C15H22N2O3/c1-11(14(18)19)7-6-10-16-15(20)17-12(2)13-8-4-3-5-9-13/h3-5,8-9,11-12H,6-7,10H2,1-2H3,(H,18,19)(H2,16,17,20). The van der Waals surface area contributed by atoms with E-state index in [1.165, 1.54) is 0 Å². The maximum absolute atomic E-state index is 11.7. The van der Waals surface area contributed by atoms with Gasteiger partial charge in [0.1, 0.15) is 0 Å². The first-order valence-electron chi connectivity index (χ1n) is 6.83. The molecule has 0 saturated heterocycles. The average Bonchev–Trinajstić information content (AvgIpc) is 2.44. The molecule has 0 aliphatic heterocycles. The van der Waals surface area contributed by atoms with Gasteiger partial charge >= 0.3 is 12.0 Å². The van der Waals surface area contributed by atoms with Crippen LogP contribution >= 0.6 is 0 Å². The molecule has 2 unspecified atom stereocenters. The van der Waals surface area contributed by atoms with Crippen LogP contribution in [-0.2, 0) is 4.79 Å². The summed E-state index contributed by atoms with van der Waals surface area (Å²) in [7, 11) is 0. The molecule has 5 heteroatoms. The van der Waals surface area contributed by atoms with Crippen LogP contribution in [0.5, 0.6) is 0 Å². The fourth-order valence-electron chi connectivity index (χ4n) is 1.81. The molecule has 20 heavy (non-hydrogen) atoms. The van der Waals surface area contributed by atoms with Gasteiger partial charge in [0, 0.05) is 6.54 Å². The first kappa shape index (κ1) is 16.0. The van der Waals surface area contributed by atoms with Gasteiger partial charge in [-0.05, 0) is 25.3 Å². The molecule has 2 amide bonds. The minimum atomic E-state index is -0.799. The quantitative estimate of drug-likeness (QED) is 0.671. The van der Waals surface area contributed by atoms with E-state index in [1.54, 1.807) is 6.92 Å². The molecule has 0 spiro atoms. The summed E-state index contributed by atoms with van der Waals surface area (Å²) in [5, 5.41) is 14.3. The minimum Gasteiger partial charge on any atom is -0.481 e. The largest absolute Gasteiger partial charge is 0.481 e. The van der Waals surface area contributed by atoms with Crippen molar-refractivity contribution in [1.29, 1.82) is 0 Å². The van der Waals surface area contributed by atoms with Gasteiger partial charge in [-0.15, -0.1) is 0 Å². The molecule has 3 N–H and O–H groups in total. The van der Waals surface area contributed by atoms with E-state index in [4.69, 9.17) is 5.11 Å². The number of urea groups is 1. The molecule has 0 aliphatic rings. The van der Waals surface area contributed by atoms with Crippen molar-refractivity contribution in [2.45, 2.75) is 32.7 Å². The topological polar surface area (TPSA) is 78.4 Å². The SMILES string of the molecule is CC(CCCNC(=O)NC(C)c1ccccc1)C(=O)O. The van der Waals surface area contributed by atoms with Crippen LogP contribution in [0.1, 0.15) is 38.3 Å². The normalized spacial score (nSPS) is 13.3. The fraction of sp³-hybridized carbons (Fsp3) is 0.467. The van der Waals surface area contributed by atoms with Gasteiger partial charge in [-0.1, -0.05) is 37.3 Å². The number of carboxylic acid groups (broad SMARTS) is 1. The summed E-state index contributed by atoms with van der Waals surface area (Å²) < 4.78 is 0. The highest BCUT2D eigenvalue weighted by Gasteiger charge is 2.11. The van der Waals surface area contributed by atoms with E-state index in [0.717, 1.165) is 5.56 Å². The molecule has 0 radical (unpaired) electrons. The Kier molecular flexibility index (Phi) is 6.56. The second kappa shape index (κ2) is 8.19. The molecule has 1 aromatic carbocycles. The van der Waals surface area contributed by atoms with Crippen molar-refractivity contribution >= 4 is 12.0 Å². The Morgan fingerprint density at radius 2 is 1.85 bits per heavy atom. The summed E-state index contributed by atoms with van der Waals surface area (Å²) in [6.45, 7) is 4.06. The van der Waals surface area contributed by atoms with Crippen molar-refractivity contribution in [3.8, 4) is 0 Å². The Morgan fingerprint density at radius 3 is 2.45 bits per heavy atom. The van der Waals surface area contributed by atoms with Gasteiger partial charge in [-0.25, -0.2) is 4.79 Å². The fourth-order valence-corrected chi connectivity index (χ4v) is 1.81. The Labute approximate surface area is 119 Å². The van der Waals surface area contributed by atoms with Gasteiger partial charge in [0.2, 0.25) is 0 Å². The lowest BCUT2D eigenvalue weighted by atomic mass is 10.1. The number of aliphatic carboxylic acids is 1. The molecule has 0 bridgehead atoms. The van der Waals surface area contributed by atoms with Crippen molar-refractivity contribution < 1.29 is 14.7 Å². The molecule has 0 aliphatic carbocycles. The Bertz CT molecular complexity index is 434. The van der Waals surface area contributed by atoms with Gasteiger partial charge in [-0.2, -0.15) is 0 Å². The van der Waals surface area contributed by atoms with E-state index in [2.05, 4.69) is 10.6 Å². The Morgan fingerprint density at radius 1 is 1.20 bits per heavy atom. The van der Waals surface area contributed by atoms with Crippen LogP contribution in [0.25, 0.3) is 0 Å². The number of amides is 2. The number of nitrogens with one attached hydrogen (secondary N) is 2. The summed E-state index contributed by atoms with van der Waals surface area (Å²) in [5.74, 6) is -1.17. The molecule has 0 saturated carbocycles. The third-order valence-corrected chi connectivity index (χ3v) is 3.17. The summed E-state index contributed by atoms with van der Waals surface area (Å²) in [6.07, 6.45) is 1.21. The number of hydrogen-bond acceptors (Lipinski definition) is 2. The van der Waals surface area contributed by atoms with Gasteiger partial charge in [0.05, 0.1) is 12.0 Å². The number of hydrogen-bond donors (Lipinski definition) is 3. The van der Waals surface area contributed by atoms with Gasteiger partial charge < -0.3 is 15.7 Å². The second-order valence-corrected chi connectivity index (χ2v) is 4.91. The Balaban J connectivity index is 2.22. The van der Waals surface area contributed by atoms with Crippen LogP contribution in [0.15, 0.2) is 30.3 Å². The van der Waals surface area contributed by atoms with Crippen LogP contribution in [-0.4, -0.2) is 23.7 Å².